The minimum absolute atomic E-state index is 0.214. The Labute approximate surface area is 199 Å². The van der Waals surface area contributed by atoms with Crippen molar-refractivity contribution in [1.82, 2.24) is 0 Å². The van der Waals surface area contributed by atoms with Gasteiger partial charge in [0.25, 0.3) is 0 Å². The molecule has 0 spiro atoms. The van der Waals surface area contributed by atoms with Crippen molar-refractivity contribution < 1.29 is 32.6 Å². The monoisotopic (exact) mass is 482 g/mol. The summed E-state index contributed by atoms with van der Waals surface area (Å²) in [5.41, 5.74) is -0.222. The van der Waals surface area contributed by atoms with Crippen LogP contribution >= 0.6 is 0 Å². The molecule has 0 aliphatic carbocycles. The number of carbonyl (C=O) groups excluding carboxylic acids is 1. The summed E-state index contributed by atoms with van der Waals surface area (Å²) in [5.74, 6) is 5.25. The summed E-state index contributed by atoms with van der Waals surface area (Å²) >= 11 is 0. The van der Waals surface area contributed by atoms with Gasteiger partial charge in [0.15, 0.2) is 5.60 Å². The Balaban J connectivity index is 1.62. The van der Waals surface area contributed by atoms with E-state index in [1.54, 1.807) is 48.5 Å². The number of halogens is 3. The van der Waals surface area contributed by atoms with Gasteiger partial charge in [0.1, 0.15) is 5.75 Å². The Morgan fingerprint density at radius 1 is 0.829 bits per heavy atom. The lowest BCUT2D eigenvalue weighted by Gasteiger charge is -2.21. The molecule has 0 saturated carbocycles. The molecule has 0 heterocycles. The van der Waals surface area contributed by atoms with Crippen molar-refractivity contribution in [1.29, 1.82) is 0 Å². The number of ether oxygens (including phenoxy) is 1. The number of anilines is 2. The first kappa shape index (κ1) is 25.2. The number of hydrogen-bond donors (Lipinski definition) is 3. The molecule has 3 N–H and O–H groups in total. The summed E-state index contributed by atoms with van der Waals surface area (Å²) in [6.45, 7) is 2.90. The number of nitrogens with one attached hydrogen (secondary N) is 2. The standard InChI is InChI=1S/C26H21F3N2O4/c1-25(2,23(32)33)35-22-14-8-17(9-15-22)6-7-18-4-3-5-21(16-18)31-24(34)30-20-12-10-19(11-13-20)26(27,28)29/h3-5,8-16H,1-2H3,(H,32,33)(H2,30,31,34). The van der Waals surface area contributed by atoms with Gasteiger partial charge in [-0.1, -0.05) is 17.9 Å². The normalized spacial score (nSPS) is 11.1. The SMILES string of the molecule is CC(C)(Oc1ccc(C#Cc2cccc(NC(=O)Nc3ccc(C(F)(F)F)cc3)c2)cc1)C(=O)O. The minimum Gasteiger partial charge on any atom is -0.478 e. The van der Waals surface area contributed by atoms with Crippen molar-refractivity contribution in [3.05, 3.63) is 89.5 Å². The second-order valence-corrected chi connectivity index (χ2v) is 7.93. The molecule has 0 aliphatic rings. The van der Waals surface area contributed by atoms with Crippen LogP contribution in [-0.2, 0) is 11.0 Å². The topological polar surface area (TPSA) is 87.7 Å². The maximum Gasteiger partial charge on any atom is 0.416 e. The molecular weight excluding hydrogens is 461 g/mol. The number of carbonyl (C=O) groups is 2. The van der Waals surface area contributed by atoms with Crippen LogP contribution in [0.5, 0.6) is 5.75 Å². The second kappa shape index (κ2) is 10.2. The van der Waals surface area contributed by atoms with E-state index in [0.29, 0.717) is 22.6 Å². The molecule has 3 rings (SSSR count). The Morgan fingerprint density at radius 2 is 1.43 bits per heavy atom. The zero-order chi connectivity index (χ0) is 25.6. The molecule has 0 unspecified atom stereocenters. The zero-order valence-electron chi connectivity index (χ0n) is 18.7. The van der Waals surface area contributed by atoms with E-state index in [-0.39, 0.29) is 5.69 Å². The molecule has 0 radical (unpaired) electrons. The molecule has 0 fully saturated rings. The predicted molar refractivity (Wildman–Crippen MR) is 125 cm³/mol. The van der Waals surface area contributed by atoms with E-state index in [0.717, 1.165) is 12.1 Å². The van der Waals surface area contributed by atoms with Crippen LogP contribution in [-0.4, -0.2) is 22.7 Å². The van der Waals surface area contributed by atoms with Gasteiger partial charge in [0.05, 0.1) is 5.56 Å². The van der Waals surface area contributed by atoms with E-state index in [1.807, 2.05) is 0 Å². The lowest BCUT2D eigenvalue weighted by Crippen LogP contribution is -2.37. The van der Waals surface area contributed by atoms with Gasteiger partial charge in [-0.3, -0.25) is 0 Å². The summed E-state index contributed by atoms with van der Waals surface area (Å²) in [6.07, 6.45) is -4.45. The van der Waals surface area contributed by atoms with Crippen molar-refractivity contribution in [2.45, 2.75) is 25.6 Å². The van der Waals surface area contributed by atoms with Gasteiger partial charge in [-0.15, -0.1) is 0 Å². The first-order chi connectivity index (χ1) is 16.4. The second-order valence-electron chi connectivity index (χ2n) is 7.93. The van der Waals surface area contributed by atoms with Crippen molar-refractivity contribution in [3.63, 3.8) is 0 Å². The van der Waals surface area contributed by atoms with Crippen LogP contribution in [0.4, 0.5) is 29.3 Å². The van der Waals surface area contributed by atoms with Gasteiger partial charge < -0.3 is 20.5 Å². The van der Waals surface area contributed by atoms with E-state index < -0.39 is 29.3 Å². The largest absolute Gasteiger partial charge is 0.478 e. The predicted octanol–water partition coefficient (Wildman–Crippen LogP) is 5.99. The molecule has 0 bridgehead atoms. The molecule has 0 atom stereocenters. The number of alkyl halides is 3. The third-order valence-electron chi connectivity index (χ3n) is 4.68. The van der Waals surface area contributed by atoms with Gasteiger partial charge in [-0.25, -0.2) is 9.59 Å². The lowest BCUT2D eigenvalue weighted by atomic mass is 10.1. The van der Waals surface area contributed by atoms with Gasteiger partial charge in [-0.2, -0.15) is 13.2 Å². The minimum atomic E-state index is -4.45. The van der Waals surface area contributed by atoms with Crippen LogP contribution in [0.25, 0.3) is 0 Å². The maximum atomic E-state index is 12.6. The van der Waals surface area contributed by atoms with Crippen LogP contribution in [0, 0.1) is 11.8 Å². The maximum absolute atomic E-state index is 12.6. The molecule has 35 heavy (non-hydrogen) atoms. The molecule has 180 valence electrons. The molecule has 0 aliphatic heterocycles. The fourth-order valence-corrected chi connectivity index (χ4v) is 2.80. The molecule has 6 nitrogen and oxygen atoms in total. The summed E-state index contributed by atoms with van der Waals surface area (Å²) in [4.78, 5) is 23.4. The van der Waals surface area contributed by atoms with Gasteiger partial charge in [-0.05, 0) is 80.6 Å². The van der Waals surface area contributed by atoms with Crippen LogP contribution in [0.15, 0.2) is 72.8 Å². The highest BCUT2D eigenvalue weighted by molar-refractivity contribution is 5.99. The highest BCUT2D eigenvalue weighted by atomic mass is 19.4. The van der Waals surface area contributed by atoms with Crippen LogP contribution in [0.2, 0.25) is 0 Å². The van der Waals surface area contributed by atoms with E-state index in [4.69, 9.17) is 9.84 Å². The number of urea groups is 1. The summed E-state index contributed by atoms with van der Waals surface area (Å²) in [5, 5.41) is 14.2. The number of amides is 2. The third-order valence-corrected chi connectivity index (χ3v) is 4.68. The Hall–Kier alpha value is -4.45. The number of benzene rings is 3. The first-order valence-corrected chi connectivity index (χ1v) is 10.3. The van der Waals surface area contributed by atoms with Crippen molar-refractivity contribution >= 4 is 23.4 Å². The Bertz CT molecular complexity index is 1270. The molecular formula is C26H21F3N2O4. The number of hydrogen-bond acceptors (Lipinski definition) is 3. The number of carboxylic acids is 1. The third kappa shape index (κ3) is 7.27. The molecule has 0 aromatic heterocycles. The number of rotatable bonds is 5. The van der Waals surface area contributed by atoms with Gasteiger partial charge in [0, 0.05) is 22.5 Å². The average molecular weight is 482 g/mol. The van der Waals surface area contributed by atoms with Crippen molar-refractivity contribution in [3.8, 4) is 17.6 Å². The smallest absolute Gasteiger partial charge is 0.416 e. The molecule has 0 saturated heterocycles. The van der Waals surface area contributed by atoms with Crippen LogP contribution < -0.4 is 15.4 Å². The van der Waals surface area contributed by atoms with Gasteiger partial charge in [0.2, 0.25) is 0 Å². The zero-order valence-corrected chi connectivity index (χ0v) is 18.7. The first-order valence-electron chi connectivity index (χ1n) is 10.3. The number of aliphatic carboxylic acids is 1. The van der Waals surface area contributed by atoms with E-state index in [2.05, 4.69) is 22.5 Å². The Kier molecular flexibility index (Phi) is 7.35. The Morgan fingerprint density at radius 3 is 2.03 bits per heavy atom. The molecule has 2 amide bonds. The average Bonchev–Trinajstić information content (AvgIpc) is 2.78. The number of carboxylic acid groups (broad SMARTS) is 1. The lowest BCUT2D eigenvalue weighted by molar-refractivity contribution is -0.152. The van der Waals surface area contributed by atoms with Crippen molar-refractivity contribution in [2.24, 2.45) is 0 Å². The van der Waals surface area contributed by atoms with E-state index in [1.165, 1.54) is 26.0 Å². The summed E-state index contributed by atoms with van der Waals surface area (Å²) < 4.78 is 43.4. The van der Waals surface area contributed by atoms with Gasteiger partial charge >= 0.3 is 18.2 Å². The highest BCUT2D eigenvalue weighted by Gasteiger charge is 2.30. The summed E-state index contributed by atoms with van der Waals surface area (Å²) in [7, 11) is 0. The highest BCUT2D eigenvalue weighted by Crippen LogP contribution is 2.29. The van der Waals surface area contributed by atoms with E-state index >= 15 is 0 Å². The van der Waals surface area contributed by atoms with E-state index in [9.17, 15) is 22.8 Å². The fourth-order valence-electron chi connectivity index (χ4n) is 2.80. The molecule has 3 aromatic rings. The van der Waals surface area contributed by atoms with Crippen molar-refractivity contribution in [2.75, 3.05) is 10.6 Å². The van der Waals surface area contributed by atoms with Crippen LogP contribution in [0.3, 0.4) is 0 Å². The molecule has 9 heteroatoms. The quantitative estimate of drug-likeness (QED) is 0.390. The summed E-state index contributed by atoms with van der Waals surface area (Å²) in [6, 6.07) is 16.9. The molecule has 3 aromatic carbocycles. The van der Waals surface area contributed by atoms with Crippen LogP contribution in [0.1, 0.15) is 30.5 Å². The fraction of sp³-hybridized carbons (Fsp3) is 0.154.